The Morgan fingerprint density at radius 3 is 2.58 bits per heavy atom. The van der Waals surface area contributed by atoms with Gasteiger partial charge in [0.1, 0.15) is 23.3 Å². The second-order valence-corrected chi connectivity index (χ2v) is 7.56. The highest BCUT2D eigenvalue weighted by Gasteiger charge is 2.51. The Balaban J connectivity index is 2.13. The highest BCUT2D eigenvalue weighted by Crippen LogP contribution is 2.38. The second-order valence-electron chi connectivity index (χ2n) is 6.49. The molecule has 11 heteroatoms. The highest BCUT2D eigenvalue weighted by molar-refractivity contribution is 8.01. The van der Waals surface area contributed by atoms with Crippen LogP contribution in [-0.4, -0.2) is 63.0 Å². The number of fused-ring (bicyclic) bond motifs is 1. The summed E-state index contributed by atoms with van der Waals surface area (Å²) in [5.74, 6) is -2.25. The summed E-state index contributed by atoms with van der Waals surface area (Å²) >= 11 is 1.24. The van der Waals surface area contributed by atoms with E-state index in [1.165, 1.54) is 18.7 Å². The number of hydrogen-bond donors (Lipinski definition) is 2. The Morgan fingerprint density at radius 1 is 1.38 bits per heavy atom. The van der Waals surface area contributed by atoms with Crippen LogP contribution in [0.4, 0.5) is 4.79 Å². The Bertz CT molecular complexity index is 723. The van der Waals surface area contributed by atoms with Crippen molar-refractivity contribution in [3.63, 3.8) is 0 Å². The molecule has 0 saturated carbocycles. The molecule has 0 spiro atoms. The quantitative estimate of drug-likeness (QED) is 0.410. The van der Waals surface area contributed by atoms with Gasteiger partial charge in [0.15, 0.2) is 5.71 Å². The second kappa shape index (κ2) is 7.36. The number of carboxylic acid groups (broad SMARTS) is 1. The van der Waals surface area contributed by atoms with E-state index in [1.807, 2.05) is 0 Å². The van der Waals surface area contributed by atoms with E-state index < -0.39 is 34.9 Å². The van der Waals surface area contributed by atoms with Crippen LogP contribution in [-0.2, 0) is 23.9 Å². The third-order valence-corrected chi connectivity index (χ3v) is 4.48. The van der Waals surface area contributed by atoms with Crippen molar-refractivity contribution in [2.45, 2.75) is 38.7 Å². The Morgan fingerprint density at radius 2 is 2.04 bits per heavy atom. The molecule has 142 valence electrons. The summed E-state index contributed by atoms with van der Waals surface area (Å²) in [7, 11) is 0. The van der Waals surface area contributed by atoms with Gasteiger partial charge in [-0.15, -0.1) is 11.8 Å². The standard InChI is InChI=1S/C15H19N3O7S/c1-7(19)24-5-8-6-26-12-9(11(20)18(12)10(8)13(21)22)16-17-14(23)25-15(2,3)4/h12H,5-6H2,1-4H3,(H,17,23)(H,21,22)/b16-9+/t12-/m1/s1. The molecule has 0 aromatic rings. The molecule has 1 fully saturated rings. The first kappa shape index (κ1) is 19.8. The third kappa shape index (κ3) is 4.34. The van der Waals surface area contributed by atoms with Gasteiger partial charge in [0.05, 0.1) is 0 Å². The molecule has 0 aromatic carbocycles. The van der Waals surface area contributed by atoms with E-state index in [0.29, 0.717) is 5.57 Å². The first-order chi connectivity index (χ1) is 12.0. The van der Waals surface area contributed by atoms with Crippen molar-refractivity contribution in [2.24, 2.45) is 5.10 Å². The normalized spacial score (nSPS) is 21.1. The number of aliphatic carboxylic acids is 1. The van der Waals surface area contributed by atoms with Gasteiger partial charge in [-0.05, 0) is 20.8 Å². The summed E-state index contributed by atoms with van der Waals surface area (Å²) in [5.41, 5.74) is 1.53. The van der Waals surface area contributed by atoms with Gasteiger partial charge >= 0.3 is 18.0 Å². The molecule has 1 saturated heterocycles. The van der Waals surface area contributed by atoms with Crippen molar-refractivity contribution < 1.29 is 33.8 Å². The minimum absolute atomic E-state index is 0.0196. The molecular weight excluding hydrogens is 366 g/mol. The number of thioether (sulfide) groups is 1. The lowest BCUT2D eigenvalue weighted by molar-refractivity contribution is -0.141. The first-order valence-corrected chi connectivity index (χ1v) is 8.66. The summed E-state index contributed by atoms with van der Waals surface area (Å²) < 4.78 is 9.86. The van der Waals surface area contributed by atoms with Crippen LogP contribution in [0.2, 0.25) is 0 Å². The van der Waals surface area contributed by atoms with Crippen molar-refractivity contribution in [3.8, 4) is 0 Å². The minimum atomic E-state index is -1.30. The van der Waals surface area contributed by atoms with Crippen LogP contribution >= 0.6 is 11.8 Å². The molecule has 0 aliphatic carbocycles. The number of amides is 2. The number of carbonyl (C=O) groups is 4. The van der Waals surface area contributed by atoms with E-state index in [-0.39, 0.29) is 23.8 Å². The summed E-state index contributed by atoms with van der Waals surface area (Å²) in [6.45, 7) is 6.05. The van der Waals surface area contributed by atoms with Crippen LogP contribution in [0.5, 0.6) is 0 Å². The smallest absolute Gasteiger partial charge is 0.428 e. The number of nitrogens with one attached hydrogen (secondary N) is 1. The maximum Gasteiger partial charge on any atom is 0.428 e. The molecule has 0 radical (unpaired) electrons. The van der Waals surface area contributed by atoms with Crippen LogP contribution in [0, 0.1) is 0 Å². The number of nitrogens with zero attached hydrogens (tertiary/aromatic N) is 2. The van der Waals surface area contributed by atoms with Gasteiger partial charge in [0.2, 0.25) is 0 Å². The minimum Gasteiger partial charge on any atom is -0.477 e. The summed E-state index contributed by atoms with van der Waals surface area (Å²) in [6, 6.07) is 0. The van der Waals surface area contributed by atoms with Crippen LogP contribution < -0.4 is 5.43 Å². The number of carbonyl (C=O) groups excluding carboxylic acids is 3. The van der Waals surface area contributed by atoms with E-state index in [4.69, 9.17) is 9.47 Å². The van der Waals surface area contributed by atoms with Gasteiger partial charge in [0.25, 0.3) is 5.91 Å². The molecule has 2 rings (SSSR count). The zero-order valence-electron chi connectivity index (χ0n) is 14.7. The molecule has 2 amide bonds. The topological polar surface area (TPSA) is 135 Å². The number of hydrogen-bond acceptors (Lipinski definition) is 8. The maximum atomic E-state index is 12.3. The van der Waals surface area contributed by atoms with Gasteiger partial charge in [-0.25, -0.2) is 15.0 Å². The maximum absolute atomic E-state index is 12.3. The molecule has 2 N–H and O–H groups in total. The third-order valence-electron chi connectivity index (χ3n) is 3.22. The molecular formula is C15H19N3O7S. The zero-order valence-corrected chi connectivity index (χ0v) is 15.5. The number of ether oxygens (including phenoxy) is 2. The summed E-state index contributed by atoms with van der Waals surface area (Å²) in [5, 5.41) is 12.5. The van der Waals surface area contributed by atoms with Crippen molar-refractivity contribution in [3.05, 3.63) is 11.3 Å². The molecule has 2 aliphatic rings. The number of hydrazone groups is 1. The monoisotopic (exact) mass is 385 g/mol. The van der Waals surface area contributed by atoms with Crippen LogP contribution in [0.1, 0.15) is 27.7 Å². The van der Waals surface area contributed by atoms with Gasteiger partial charge in [-0.3, -0.25) is 14.5 Å². The van der Waals surface area contributed by atoms with Gasteiger partial charge in [-0.1, -0.05) is 0 Å². The Hall–Kier alpha value is -2.56. The fraction of sp³-hybridized carbons (Fsp3) is 0.533. The van der Waals surface area contributed by atoms with E-state index in [0.717, 1.165) is 4.90 Å². The van der Waals surface area contributed by atoms with Crippen LogP contribution in [0.25, 0.3) is 0 Å². The van der Waals surface area contributed by atoms with Crippen molar-refractivity contribution >= 4 is 41.4 Å². The Labute approximate surface area is 153 Å². The fourth-order valence-corrected chi connectivity index (χ4v) is 3.49. The average Bonchev–Trinajstić information content (AvgIpc) is 2.50. The molecule has 0 bridgehead atoms. The van der Waals surface area contributed by atoms with E-state index >= 15 is 0 Å². The Kier molecular flexibility index (Phi) is 5.59. The summed E-state index contributed by atoms with van der Waals surface area (Å²) in [6.07, 6.45) is -0.818. The number of β-lactam (4-membered cyclic amide) rings is 1. The van der Waals surface area contributed by atoms with E-state index in [2.05, 4.69) is 10.5 Å². The lowest BCUT2D eigenvalue weighted by Crippen LogP contribution is -2.63. The molecule has 1 atom stereocenters. The van der Waals surface area contributed by atoms with E-state index in [9.17, 15) is 24.3 Å². The van der Waals surface area contributed by atoms with Gasteiger partial charge in [-0.2, -0.15) is 5.10 Å². The van der Waals surface area contributed by atoms with Crippen LogP contribution in [0.15, 0.2) is 16.4 Å². The molecule has 0 unspecified atom stereocenters. The SMILES string of the molecule is CC(=O)OCC1=C(C(=O)O)N2C(=O)/C(=N\NC(=O)OC(C)(C)C)[C@H]2SC1. The zero-order chi connectivity index (χ0) is 19.6. The van der Waals surface area contributed by atoms with Gasteiger partial charge in [0, 0.05) is 18.2 Å². The number of rotatable bonds is 4. The number of esters is 1. The van der Waals surface area contributed by atoms with E-state index in [1.54, 1.807) is 20.8 Å². The molecule has 0 aromatic heterocycles. The van der Waals surface area contributed by atoms with Crippen molar-refractivity contribution in [1.82, 2.24) is 10.3 Å². The van der Waals surface area contributed by atoms with Gasteiger partial charge < -0.3 is 14.6 Å². The molecule has 2 heterocycles. The number of carboxylic acids is 1. The van der Waals surface area contributed by atoms with Crippen molar-refractivity contribution in [1.29, 1.82) is 0 Å². The lowest BCUT2D eigenvalue weighted by atomic mass is 10.1. The van der Waals surface area contributed by atoms with Crippen LogP contribution in [0.3, 0.4) is 0 Å². The fourth-order valence-electron chi connectivity index (χ4n) is 2.25. The summed E-state index contributed by atoms with van der Waals surface area (Å²) in [4.78, 5) is 47.4. The molecule has 2 aliphatic heterocycles. The predicted molar refractivity (Wildman–Crippen MR) is 91.2 cm³/mol. The average molecular weight is 385 g/mol. The van der Waals surface area contributed by atoms with Crippen molar-refractivity contribution in [2.75, 3.05) is 12.4 Å². The predicted octanol–water partition coefficient (Wildman–Crippen LogP) is 0.684. The molecule has 26 heavy (non-hydrogen) atoms. The highest BCUT2D eigenvalue weighted by atomic mass is 32.2. The largest absolute Gasteiger partial charge is 0.477 e. The first-order valence-electron chi connectivity index (χ1n) is 7.61. The molecule has 10 nitrogen and oxygen atoms in total. The lowest BCUT2D eigenvalue weighted by Gasteiger charge is -2.44.